The first-order chi connectivity index (χ1) is 7.13. The Morgan fingerprint density at radius 1 is 1.40 bits per heavy atom. The number of carbonyl (C=O) groups excluding carboxylic acids is 1. The van der Waals surface area contributed by atoms with Crippen LogP contribution in [-0.2, 0) is 7.05 Å². The summed E-state index contributed by atoms with van der Waals surface area (Å²) in [6.45, 7) is 3.81. The minimum Gasteiger partial charge on any atom is -0.298 e. The highest BCUT2D eigenvalue weighted by atomic mass is 16.1. The van der Waals surface area contributed by atoms with E-state index in [1.165, 1.54) is 0 Å². The van der Waals surface area contributed by atoms with Crippen LogP contribution in [0.1, 0.15) is 21.9 Å². The lowest BCUT2D eigenvalue weighted by Crippen LogP contribution is -2.05. The second kappa shape index (κ2) is 3.34. The van der Waals surface area contributed by atoms with Crippen LogP contribution in [0.15, 0.2) is 12.4 Å². The van der Waals surface area contributed by atoms with Gasteiger partial charge in [0.25, 0.3) is 0 Å². The Bertz CT molecular complexity index is 509. The van der Waals surface area contributed by atoms with Crippen LogP contribution in [0.4, 0.5) is 0 Å². The lowest BCUT2D eigenvalue weighted by molar-refractivity contribution is 0.112. The quantitative estimate of drug-likeness (QED) is 0.687. The van der Waals surface area contributed by atoms with Gasteiger partial charge in [-0.25, -0.2) is 4.98 Å². The molecule has 0 radical (unpaired) electrons. The predicted molar refractivity (Wildman–Crippen MR) is 55.2 cm³/mol. The average Bonchev–Trinajstić information content (AvgIpc) is 2.69. The molecular formula is C10H12N4O. The van der Waals surface area contributed by atoms with Crippen molar-refractivity contribution in [3.05, 3.63) is 29.5 Å². The molecule has 0 saturated carbocycles. The number of hydrogen-bond acceptors (Lipinski definition) is 3. The first kappa shape index (κ1) is 9.64. The number of carbonyl (C=O) groups is 1. The van der Waals surface area contributed by atoms with Gasteiger partial charge in [0.15, 0.2) is 6.29 Å². The molecule has 2 heterocycles. The fraction of sp³-hybridized carbons (Fsp3) is 0.300. The van der Waals surface area contributed by atoms with E-state index < -0.39 is 0 Å². The Morgan fingerprint density at radius 2 is 2.13 bits per heavy atom. The third-order valence-corrected chi connectivity index (χ3v) is 2.29. The van der Waals surface area contributed by atoms with E-state index in [2.05, 4.69) is 10.1 Å². The van der Waals surface area contributed by atoms with Crippen LogP contribution in [0.2, 0.25) is 0 Å². The summed E-state index contributed by atoms with van der Waals surface area (Å²) in [5, 5.41) is 4.05. The Kier molecular flexibility index (Phi) is 2.15. The van der Waals surface area contributed by atoms with Gasteiger partial charge in [0.2, 0.25) is 0 Å². The van der Waals surface area contributed by atoms with Gasteiger partial charge in [-0.1, -0.05) is 0 Å². The van der Waals surface area contributed by atoms with E-state index in [0.717, 1.165) is 23.6 Å². The van der Waals surface area contributed by atoms with E-state index in [-0.39, 0.29) is 0 Å². The summed E-state index contributed by atoms with van der Waals surface area (Å²) in [4.78, 5) is 15.1. The van der Waals surface area contributed by atoms with Crippen molar-refractivity contribution in [2.24, 2.45) is 7.05 Å². The maximum atomic E-state index is 10.8. The second-order valence-electron chi connectivity index (χ2n) is 3.46. The minimum absolute atomic E-state index is 0.568. The summed E-state index contributed by atoms with van der Waals surface area (Å²) in [6.07, 6.45) is 4.24. The largest absolute Gasteiger partial charge is 0.298 e. The number of imidazole rings is 1. The van der Waals surface area contributed by atoms with Crippen LogP contribution < -0.4 is 0 Å². The molecule has 0 aliphatic rings. The highest BCUT2D eigenvalue weighted by Gasteiger charge is 2.12. The lowest BCUT2D eigenvalue weighted by atomic mass is 10.3. The van der Waals surface area contributed by atoms with Gasteiger partial charge in [-0.2, -0.15) is 5.10 Å². The van der Waals surface area contributed by atoms with Crippen molar-refractivity contribution in [3.63, 3.8) is 0 Å². The molecule has 5 nitrogen and oxygen atoms in total. The number of hydrogen-bond donors (Lipinski definition) is 0. The topological polar surface area (TPSA) is 52.7 Å². The van der Waals surface area contributed by atoms with Crippen LogP contribution in [0, 0.1) is 13.8 Å². The average molecular weight is 204 g/mol. The van der Waals surface area contributed by atoms with Crippen LogP contribution in [-0.4, -0.2) is 25.6 Å². The summed E-state index contributed by atoms with van der Waals surface area (Å²) < 4.78 is 3.53. The van der Waals surface area contributed by atoms with Gasteiger partial charge in [-0.3, -0.25) is 14.0 Å². The molecule has 2 rings (SSSR count). The predicted octanol–water partition coefficient (Wildman–Crippen LogP) is 1.04. The molecule has 0 atom stereocenters. The Morgan fingerprint density at radius 3 is 2.67 bits per heavy atom. The van der Waals surface area contributed by atoms with Crippen molar-refractivity contribution in [2.45, 2.75) is 13.8 Å². The molecule has 0 unspecified atom stereocenters. The summed E-state index contributed by atoms with van der Waals surface area (Å²) in [5.41, 5.74) is 1.49. The molecule has 5 heteroatoms. The molecule has 0 amide bonds. The van der Waals surface area contributed by atoms with E-state index in [1.54, 1.807) is 17.9 Å². The molecule has 0 saturated heterocycles. The maximum Gasteiger partial charge on any atom is 0.155 e. The van der Waals surface area contributed by atoms with Crippen LogP contribution in [0.3, 0.4) is 0 Å². The minimum atomic E-state index is 0.568. The van der Waals surface area contributed by atoms with E-state index >= 15 is 0 Å². The maximum absolute atomic E-state index is 10.8. The number of aromatic nitrogens is 4. The molecule has 2 aromatic rings. The third-order valence-electron chi connectivity index (χ3n) is 2.29. The molecule has 0 fully saturated rings. The van der Waals surface area contributed by atoms with E-state index in [9.17, 15) is 4.79 Å². The molecule has 15 heavy (non-hydrogen) atoms. The molecule has 0 aliphatic heterocycles. The second-order valence-corrected chi connectivity index (χ2v) is 3.46. The molecule has 0 bridgehead atoms. The van der Waals surface area contributed by atoms with Gasteiger partial charge in [-0.05, 0) is 13.8 Å². The smallest absolute Gasteiger partial charge is 0.155 e. The van der Waals surface area contributed by atoms with Crippen molar-refractivity contribution in [3.8, 4) is 5.82 Å². The number of aryl methyl sites for hydroxylation is 3. The molecular weight excluding hydrogens is 192 g/mol. The third kappa shape index (κ3) is 1.45. The fourth-order valence-electron chi connectivity index (χ4n) is 1.66. The van der Waals surface area contributed by atoms with Crippen molar-refractivity contribution >= 4 is 6.29 Å². The first-order valence-corrected chi connectivity index (χ1v) is 4.63. The van der Waals surface area contributed by atoms with Gasteiger partial charge in [0.05, 0.1) is 17.5 Å². The van der Waals surface area contributed by atoms with E-state index in [4.69, 9.17) is 0 Å². The summed E-state index contributed by atoms with van der Waals surface area (Å²) >= 11 is 0. The Balaban J connectivity index is 2.67. The molecule has 0 aliphatic carbocycles. The van der Waals surface area contributed by atoms with Gasteiger partial charge in [-0.15, -0.1) is 0 Å². The Labute approximate surface area is 87.4 Å². The van der Waals surface area contributed by atoms with Crippen LogP contribution >= 0.6 is 0 Å². The molecule has 0 spiro atoms. The highest BCUT2D eigenvalue weighted by molar-refractivity contribution is 5.79. The Hall–Kier alpha value is -1.91. The van der Waals surface area contributed by atoms with Gasteiger partial charge >= 0.3 is 0 Å². The van der Waals surface area contributed by atoms with Crippen molar-refractivity contribution in [1.29, 1.82) is 0 Å². The first-order valence-electron chi connectivity index (χ1n) is 4.63. The standard InChI is InChI=1S/C10H12N4O/c1-7-5-14(8(2)12-7)10-9(6-15)4-11-13(10)3/h4-6H,1-3H3. The van der Waals surface area contributed by atoms with Crippen molar-refractivity contribution in [1.82, 2.24) is 19.3 Å². The fourth-order valence-corrected chi connectivity index (χ4v) is 1.66. The molecule has 78 valence electrons. The van der Waals surface area contributed by atoms with Gasteiger partial charge < -0.3 is 0 Å². The zero-order chi connectivity index (χ0) is 11.0. The summed E-state index contributed by atoms with van der Waals surface area (Å²) in [7, 11) is 1.80. The SMILES string of the molecule is Cc1cn(-c2c(C=O)cnn2C)c(C)n1. The van der Waals surface area contributed by atoms with Gasteiger partial charge in [0.1, 0.15) is 11.6 Å². The zero-order valence-electron chi connectivity index (χ0n) is 8.93. The van der Waals surface area contributed by atoms with Crippen LogP contribution in [0.5, 0.6) is 0 Å². The van der Waals surface area contributed by atoms with E-state index in [0.29, 0.717) is 5.56 Å². The summed E-state index contributed by atoms with van der Waals surface area (Å²) in [6, 6.07) is 0. The van der Waals surface area contributed by atoms with Crippen molar-refractivity contribution < 1.29 is 4.79 Å². The number of rotatable bonds is 2. The summed E-state index contributed by atoms with van der Waals surface area (Å²) in [5.74, 6) is 1.60. The molecule has 0 N–H and O–H groups in total. The van der Waals surface area contributed by atoms with Crippen LogP contribution in [0.25, 0.3) is 5.82 Å². The monoisotopic (exact) mass is 204 g/mol. The molecule has 2 aromatic heterocycles. The normalized spacial score (nSPS) is 10.6. The number of aldehydes is 1. The molecule has 0 aromatic carbocycles. The van der Waals surface area contributed by atoms with Crippen molar-refractivity contribution in [2.75, 3.05) is 0 Å². The lowest BCUT2D eigenvalue weighted by Gasteiger charge is -2.05. The number of nitrogens with zero attached hydrogens (tertiary/aromatic N) is 4. The van der Waals surface area contributed by atoms with E-state index in [1.807, 2.05) is 24.6 Å². The zero-order valence-corrected chi connectivity index (χ0v) is 8.93. The van der Waals surface area contributed by atoms with Gasteiger partial charge in [0, 0.05) is 13.2 Å². The highest BCUT2D eigenvalue weighted by Crippen LogP contribution is 2.14.